The SMILES string of the molecule is NC1=NC2N=C(N1)c1cc(c(Cl)cc1Cl)OCCCCOc1cccc(c1)S2. The Balaban J connectivity index is 1.73. The topological polar surface area (TPSA) is 81.2 Å². The number of nitrogens with two attached hydrogens (primary N) is 1. The molecule has 28 heavy (non-hydrogen) atoms. The van der Waals surface area contributed by atoms with Crippen molar-refractivity contribution in [3.8, 4) is 11.5 Å². The van der Waals surface area contributed by atoms with Gasteiger partial charge in [-0.25, -0.2) is 9.98 Å². The number of hydrogen-bond donors (Lipinski definition) is 2. The molecule has 6 bridgehead atoms. The third-order valence-electron chi connectivity index (χ3n) is 4.12. The van der Waals surface area contributed by atoms with Crippen molar-refractivity contribution in [2.45, 2.75) is 23.2 Å². The molecule has 1 unspecified atom stereocenters. The van der Waals surface area contributed by atoms with Crippen LogP contribution in [0.15, 0.2) is 51.3 Å². The average molecular weight is 437 g/mol. The molecule has 0 aliphatic carbocycles. The fourth-order valence-electron chi connectivity index (χ4n) is 2.79. The van der Waals surface area contributed by atoms with Gasteiger partial charge in [0, 0.05) is 10.5 Å². The second kappa shape index (κ2) is 8.51. The fraction of sp³-hybridized carbons (Fsp3) is 0.263. The van der Waals surface area contributed by atoms with Crippen LogP contribution in [0.4, 0.5) is 0 Å². The highest BCUT2D eigenvalue weighted by atomic mass is 35.5. The van der Waals surface area contributed by atoms with Crippen LogP contribution < -0.4 is 20.5 Å². The molecule has 1 atom stereocenters. The summed E-state index contributed by atoms with van der Waals surface area (Å²) in [5.74, 6) is 2.15. The monoisotopic (exact) mass is 436 g/mol. The summed E-state index contributed by atoms with van der Waals surface area (Å²) >= 11 is 14.2. The predicted octanol–water partition coefficient (Wildman–Crippen LogP) is 4.29. The van der Waals surface area contributed by atoms with E-state index in [4.69, 9.17) is 38.4 Å². The molecule has 9 heteroatoms. The van der Waals surface area contributed by atoms with Crippen molar-refractivity contribution in [3.63, 3.8) is 0 Å². The van der Waals surface area contributed by atoms with Gasteiger partial charge in [-0.05, 0) is 43.2 Å². The summed E-state index contributed by atoms with van der Waals surface area (Å²) < 4.78 is 11.7. The van der Waals surface area contributed by atoms with E-state index in [1.165, 1.54) is 11.8 Å². The van der Waals surface area contributed by atoms with E-state index in [0.29, 0.717) is 40.4 Å². The van der Waals surface area contributed by atoms with Crippen LogP contribution in [0.3, 0.4) is 0 Å². The van der Waals surface area contributed by atoms with Crippen LogP contribution in [-0.2, 0) is 0 Å². The highest BCUT2D eigenvalue weighted by Crippen LogP contribution is 2.34. The zero-order chi connectivity index (χ0) is 19.5. The Morgan fingerprint density at radius 3 is 2.71 bits per heavy atom. The third kappa shape index (κ3) is 4.48. The van der Waals surface area contributed by atoms with Gasteiger partial charge in [0.2, 0.25) is 0 Å². The van der Waals surface area contributed by atoms with E-state index in [-0.39, 0.29) is 5.96 Å². The molecule has 3 N–H and O–H groups in total. The van der Waals surface area contributed by atoms with Gasteiger partial charge in [-0.15, -0.1) is 0 Å². The second-order valence-electron chi connectivity index (χ2n) is 6.20. The number of nitrogens with zero attached hydrogens (tertiary/aromatic N) is 2. The van der Waals surface area contributed by atoms with Crippen molar-refractivity contribution in [3.05, 3.63) is 52.0 Å². The molecule has 0 radical (unpaired) electrons. The fourth-order valence-corrected chi connectivity index (χ4v) is 4.23. The molecule has 2 aromatic carbocycles. The number of benzene rings is 2. The molecular weight excluding hydrogens is 419 g/mol. The number of aliphatic imine (C=N–C) groups is 2. The Hall–Kier alpha value is -2.09. The first-order valence-corrected chi connectivity index (χ1v) is 10.4. The molecule has 4 rings (SSSR count). The number of nitrogens with one attached hydrogen (secondary N) is 1. The Labute approximate surface area is 177 Å². The molecule has 0 fully saturated rings. The van der Waals surface area contributed by atoms with Crippen molar-refractivity contribution in [2.24, 2.45) is 15.7 Å². The van der Waals surface area contributed by atoms with E-state index in [9.17, 15) is 0 Å². The first-order chi connectivity index (χ1) is 13.6. The standard InChI is InChI=1S/C19H18Cl2N4O2S/c20-14-10-15(21)16-9-13(14)17-23-18(22)25-19(24-17)28-12-5-3-4-11(8-12)26-6-1-2-7-27-16/h3-5,8-10,19H,1-2,6-7H2,(H3,22,23,24,25). The van der Waals surface area contributed by atoms with Gasteiger partial charge in [0.15, 0.2) is 11.5 Å². The highest BCUT2D eigenvalue weighted by molar-refractivity contribution is 8.00. The number of thioether (sulfide) groups is 1. The summed E-state index contributed by atoms with van der Waals surface area (Å²) in [6.07, 6.45) is 1.71. The van der Waals surface area contributed by atoms with E-state index >= 15 is 0 Å². The zero-order valence-corrected chi connectivity index (χ0v) is 17.2. The smallest absolute Gasteiger partial charge is 0.197 e. The second-order valence-corrected chi connectivity index (χ2v) is 8.15. The van der Waals surface area contributed by atoms with Crippen LogP contribution in [0.1, 0.15) is 18.4 Å². The minimum atomic E-state index is -0.449. The van der Waals surface area contributed by atoms with Gasteiger partial charge in [0.1, 0.15) is 17.3 Å². The minimum absolute atomic E-state index is 0.268. The van der Waals surface area contributed by atoms with Crippen molar-refractivity contribution in [2.75, 3.05) is 13.2 Å². The molecule has 2 aliphatic heterocycles. The van der Waals surface area contributed by atoms with E-state index in [2.05, 4.69) is 15.3 Å². The van der Waals surface area contributed by atoms with Crippen LogP contribution in [-0.4, -0.2) is 30.5 Å². The largest absolute Gasteiger partial charge is 0.494 e. The first kappa shape index (κ1) is 19.2. The lowest BCUT2D eigenvalue weighted by atomic mass is 10.2. The maximum Gasteiger partial charge on any atom is 0.197 e. The third-order valence-corrected chi connectivity index (χ3v) is 5.68. The van der Waals surface area contributed by atoms with Crippen LogP contribution >= 0.6 is 35.0 Å². The molecule has 0 spiro atoms. The summed E-state index contributed by atoms with van der Waals surface area (Å²) in [7, 11) is 0. The quantitative estimate of drug-likeness (QED) is 0.643. The maximum absolute atomic E-state index is 6.42. The number of fused-ring (bicyclic) bond motifs is 6. The molecule has 2 heterocycles. The van der Waals surface area contributed by atoms with E-state index in [1.807, 2.05) is 24.3 Å². The molecule has 0 amide bonds. The van der Waals surface area contributed by atoms with Crippen molar-refractivity contribution in [1.29, 1.82) is 0 Å². The lowest BCUT2D eigenvalue weighted by Crippen LogP contribution is -2.41. The van der Waals surface area contributed by atoms with Gasteiger partial charge in [-0.1, -0.05) is 41.0 Å². The van der Waals surface area contributed by atoms with Crippen LogP contribution in [0.5, 0.6) is 11.5 Å². The Bertz CT molecular complexity index is 952. The van der Waals surface area contributed by atoms with Gasteiger partial charge in [0.05, 0.1) is 23.3 Å². The van der Waals surface area contributed by atoms with Gasteiger partial charge in [-0.2, -0.15) is 0 Å². The number of ether oxygens (including phenoxy) is 2. The van der Waals surface area contributed by atoms with Crippen molar-refractivity contribution in [1.82, 2.24) is 5.32 Å². The molecular formula is C19H18Cl2N4O2S. The highest BCUT2D eigenvalue weighted by Gasteiger charge is 2.21. The molecule has 2 aromatic rings. The van der Waals surface area contributed by atoms with Gasteiger partial charge in [-0.3, -0.25) is 0 Å². The zero-order valence-electron chi connectivity index (χ0n) is 14.8. The van der Waals surface area contributed by atoms with Crippen LogP contribution in [0.2, 0.25) is 10.0 Å². The lowest BCUT2D eigenvalue weighted by molar-refractivity contribution is 0.266. The Morgan fingerprint density at radius 1 is 1.04 bits per heavy atom. The molecule has 2 aliphatic rings. The summed E-state index contributed by atoms with van der Waals surface area (Å²) in [6.45, 7) is 1.13. The number of rotatable bonds is 0. The average Bonchev–Trinajstić information content (AvgIpc) is 2.65. The first-order valence-electron chi connectivity index (χ1n) is 8.78. The van der Waals surface area contributed by atoms with Gasteiger partial charge in [0.25, 0.3) is 0 Å². The summed E-state index contributed by atoms with van der Waals surface area (Å²) in [6, 6.07) is 11.3. The molecule has 146 valence electrons. The summed E-state index contributed by atoms with van der Waals surface area (Å²) in [4.78, 5) is 10.0. The number of guanidine groups is 1. The van der Waals surface area contributed by atoms with Crippen molar-refractivity contribution >= 4 is 46.8 Å². The predicted molar refractivity (Wildman–Crippen MR) is 114 cm³/mol. The van der Waals surface area contributed by atoms with E-state index in [0.717, 1.165) is 23.5 Å². The van der Waals surface area contributed by atoms with E-state index in [1.54, 1.807) is 12.1 Å². The molecule has 0 aromatic heterocycles. The van der Waals surface area contributed by atoms with Gasteiger partial charge >= 0.3 is 0 Å². The normalized spacial score (nSPS) is 19.4. The molecule has 6 nitrogen and oxygen atoms in total. The Morgan fingerprint density at radius 2 is 1.86 bits per heavy atom. The maximum atomic E-state index is 6.42. The summed E-state index contributed by atoms with van der Waals surface area (Å²) in [5, 5.41) is 3.89. The van der Waals surface area contributed by atoms with Crippen LogP contribution in [0.25, 0.3) is 0 Å². The van der Waals surface area contributed by atoms with Crippen molar-refractivity contribution < 1.29 is 9.47 Å². The van der Waals surface area contributed by atoms with Crippen LogP contribution in [0, 0.1) is 0 Å². The molecule has 0 saturated heterocycles. The lowest BCUT2D eigenvalue weighted by Gasteiger charge is -2.21. The summed E-state index contributed by atoms with van der Waals surface area (Å²) in [5.41, 5.74) is 6.20. The number of halogens is 2. The number of amidine groups is 1. The van der Waals surface area contributed by atoms with Gasteiger partial charge < -0.3 is 20.5 Å². The molecule has 0 saturated carbocycles. The Kier molecular flexibility index (Phi) is 5.85. The van der Waals surface area contributed by atoms with E-state index < -0.39 is 5.50 Å². The minimum Gasteiger partial charge on any atom is -0.494 e. The number of hydrogen-bond acceptors (Lipinski definition) is 7.